The van der Waals surface area contributed by atoms with Gasteiger partial charge in [-0.3, -0.25) is 14.2 Å². The molecule has 0 aliphatic rings. The maximum atomic E-state index is 12.3. The van der Waals surface area contributed by atoms with Gasteiger partial charge in [0.1, 0.15) is 0 Å². The molecule has 0 unspecified atom stereocenters. The first-order chi connectivity index (χ1) is 12.5. The molecule has 0 radical (unpaired) electrons. The van der Waals surface area contributed by atoms with E-state index in [1.54, 1.807) is 7.05 Å². The molecule has 1 N–H and O–H groups in total. The Bertz CT molecular complexity index is 1040. The zero-order valence-electron chi connectivity index (χ0n) is 14.3. The molecule has 0 atom stereocenters. The Morgan fingerprint density at radius 2 is 2.00 bits per heavy atom. The minimum absolute atomic E-state index is 0.113. The third kappa shape index (κ3) is 3.61. The first-order valence-corrected chi connectivity index (χ1v) is 7.85. The van der Waals surface area contributed by atoms with E-state index in [9.17, 15) is 14.4 Å². The lowest BCUT2D eigenvalue weighted by Gasteiger charge is -2.14. The van der Waals surface area contributed by atoms with Crippen LogP contribution in [0.15, 0.2) is 50.6 Å². The van der Waals surface area contributed by atoms with Crippen LogP contribution in [-0.2, 0) is 24.8 Å². The van der Waals surface area contributed by atoms with Crippen LogP contribution in [-0.4, -0.2) is 37.5 Å². The predicted molar refractivity (Wildman–Crippen MR) is 92.2 cm³/mol. The lowest BCUT2D eigenvalue weighted by Crippen LogP contribution is -2.37. The summed E-state index contributed by atoms with van der Waals surface area (Å²) in [5.74, 6) is 0.415. The van der Waals surface area contributed by atoms with Gasteiger partial charge in [-0.2, -0.15) is 4.98 Å². The molecule has 9 heteroatoms. The first-order valence-electron chi connectivity index (χ1n) is 7.85. The fourth-order valence-electron chi connectivity index (χ4n) is 2.35. The van der Waals surface area contributed by atoms with Crippen molar-refractivity contribution in [2.75, 3.05) is 7.05 Å². The monoisotopic (exact) mass is 355 g/mol. The number of likely N-dealkylation sites (N-methyl/N-ethyl adjacent to an activating group) is 1. The van der Waals surface area contributed by atoms with Gasteiger partial charge >= 0.3 is 5.69 Å². The van der Waals surface area contributed by atoms with E-state index in [4.69, 9.17) is 4.52 Å². The number of aromatic amines is 1. The zero-order chi connectivity index (χ0) is 18.7. The van der Waals surface area contributed by atoms with Crippen molar-refractivity contribution < 1.29 is 9.32 Å². The van der Waals surface area contributed by atoms with Crippen molar-refractivity contribution in [2.45, 2.75) is 13.0 Å². The summed E-state index contributed by atoms with van der Waals surface area (Å²) in [7, 11) is 2.92. The summed E-state index contributed by atoms with van der Waals surface area (Å²) >= 11 is 0. The second-order valence-corrected chi connectivity index (χ2v) is 5.79. The van der Waals surface area contributed by atoms with E-state index in [-0.39, 0.29) is 30.3 Å². The topological polar surface area (TPSA) is 114 Å². The molecule has 26 heavy (non-hydrogen) atoms. The first kappa shape index (κ1) is 17.3. The Balaban J connectivity index is 1.69. The molecule has 0 aliphatic heterocycles. The third-order valence-corrected chi connectivity index (χ3v) is 3.89. The van der Waals surface area contributed by atoms with Gasteiger partial charge in [0.05, 0.1) is 13.0 Å². The van der Waals surface area contributed by atoms with Crippen LogP contribution in [0.3, 0.4) is 0 Å². The van der Waals surface area contributed by atoms with E-state index in [0.717, 1.165) is 10.1 Å². The number of carbonyl (C=O) groups excluding carboxylic acids is 1. The number of nitrogens with zero attached hydrogens (tertiary/aromatic N) is 4. The van der Waals surface area contributed by atoms with Crippen molar-refractivity contribution in [1.82, 2.24) is 24.6 Å². The van der Waals surface area contributed by atoms with Gasteiger partial charge in [0.15, 0.2) is 0 Å². The fourth-order valence-corrected chi connectivity index (χ4v) is 2.35. The van der Waals surface area contributed by atoms with E-state index < -0.39 is 11.2 Å². The average Bonchev–Trinajstić information content (AvgIpc) is 3.11. The molecule has 134 valence electrons. The summed E-state index contributed by atoms with van der Waals surface area (Å²) in [6, 6.07) is 9.33. The fraction of sp³-hybridized carbons (Fsp3) is 0.235. The van der Waals surface area contributed by atoms with E-state index in [0.29, 0.717) is 5.82 Å². The standard InChI is InChI=1S/C17H17N5O4/c1-21(14(23)8-12-9-18-17(25)22(2)16(12)24)10-13-19-15(20-26-13)11-6-4-3-5-7-11/h3-7,9H,8,10H2,1-2H3,(H,18,25). The second kappa shape index (κ2) is 7.18. The largest absolute Gasteiger partial charge is 0.337 e. The molecule has 2 heterocycles. The predicted octanol–water partition coefficient (Wildman–Crippen LogP) is 0.325. The highest BCUT2D eigenvalue weighted by Gasteiger charge is 2.17. The van der Waals surface area contributed by atoms with Gasteiger partial charge in [0.25, 0.3) is 5.56 Å². The molecule has 0 bridgehead atoms. The molecule has 9 nitrogen and oxygen atoms in total. The number of H-pyrrole nitrogens is 1. The molecule has 3 aromatic rings. The molecule has 0 spiro atoms. The summed E-state index contributed by atoms with van der Waals surface area (Å²) in [5.41, 5.74) is -0.00817. The molecule has 3 rings (SSSR count). The Morgan fingerprint density at radius 1 is 1.27 bits per heavy atom. The third-order valence-electron chi connectivity index (χ3n) is 3.89. The molecular formula is C17H17N5O4. The molecular weight excluding hydrogens is 338 g/mol. The van der Waals surface area contributed by atoms with E-state index in [2.05, 4.69) is 15.1 Å². The number of carbonyl (C=O) groups is 1. The molecule has 0 aliphatic carbocycles. The van der Waals surface area contributed by atoms with Crippen molar-refractivity contribution in [3.8, 4) is 11.4 Å². The maximum absolute atomic E-state index is 12.3. The number of rotatable bonds is 5. The lowest BCUT2D eigenvalue weighted by atomic mass is 10.2. The molecule has 2 aromatic heterocycles. The van der Waals surface area contributed by atoms with Crippen LogP contribution >= 0.6 is 0 Å². The number of nitrogens with one attached hydrogen (secondary N) is 1. The van der Waals surface area contributed by atoms with E-state index >= 15 is 0 Å². The van der Waals surface area contributed by atoms with Gasteiger partial charge in [0, 0.05) is 31.4 Å². The van der Waals surface area contributed by atoms with Crippen LogP contribution in [0.2, 0.25) is 0 Å². The Kier molecular flexibility index (Phi) is 4.78. The molecule has 1 amide bonds. The van der Waals surface area contributed by atoms with Crippen LogP contribution in [0.5, 0.6) is 0 Å². The van der Waals surface area contributed by atoms with Gasteiger partial charge in [-0.05, 0) is 0 Å². The number of amides is 1. The number of hydrogen-bond acceptors (Lipinski definition) is 6. The Hall–Kier alpha value is -3.49. The van der Waals surface area contributed by atoms with E-state index in [1.807, 2.05) is 30.3 Å². The molecule has 0 saturated heterocycles. The van der Waals surface area contributed by atoms with Crippen molar-refractivity contribution >= 4 is 5.91 Å². The van der Waals surface area contributed by atoms with Crippen LogP contribution < -0.4 is 11.2 Å². The average molecular weight is 355 g/mol. The van der Waals surface area contributed by atoms with Gasteiger partial charge in [-0.1, -0.05) is 35.5 Å². The van der Waals surface area contributed by atoms with Gasteiger partial charge in [0.2, 0.25) is 17.6 Å². The quantitative estimate of drug-likeness (QED) is 0.705. The Morgan fingerprint density at radius 3 is 2.73 bits per heavy atom. The molecule has 0 fully saturated rings. The highest BCUT2D eigenvalue weighted by Crippen LogP contribution is 2.15. The summed E-state index contributed by atoms with van der Waals surface area (Å²) in [6.07, 6.45) is 1.12. The van der Waals surface area contributed by atoms with Crippen LogP contribution in [0.4, 0.5) is 0 Å². The minimum Gasteiger partial charge on any atom is -0.337 e. The van der Waals surface area contributed by atoms with Gasteiger partial charge in [-0.25, -0.2) is 4.79 Å². The van der Waals surface area contributed by atoms with E-state index in [1.165, 1.54) is 18.1 Å². The molecule has 0 saturated carbocycles. The summed E-state index contributed by atoms with van der Waals surface area (Å²) < 4.78 is 6.10. The van der Waals surface area contributed by atoms with Crippen LogP contribution in [0.1, 0.15) is 11.5 Å². The second-order valence-electron chi connectivity index (χ2n) is 5.79. The van der Waals surface area contributed by atoms with Crippen LogP contribution in [0, 0.1) is 0 Å². The normalized spacial score (nSPS) is 10.7. The minimum atomic E-state index is -0.529. The highest BCUT2D eigenvalue weighted by atomic mass is 16.5. The van der Waals surface area contributed by atoms with Crippen molar-refractivity contribution in [2.24, 2.45) is 7.05 Å². The summed E-state index contributed by atoms with van der Waals surface area (Å²) in [4.78, 5) is 43.8. The zero-order valence-corrected chi connectivity index (χ0v) is 14.3. The summed E-state index contributed by atoms with van der Waals surface area (Å²) in [6.45, 7) is 0.113. The number of benzene rings is 1. The van der Waals surface area contributed by atoms with Crippen molar-refractivity contribution in [3.05, 3.63) is 68.8 Å². The highest BCUT2D eigenvalue weighted by molar-refractivity contribution is 5.78. The SMILES string of the molecule is CN(Cc1nc(-c2ccccc2)no1)C(=O)Cc1c[nH]c(=O)n(C)c1=O. The number of hydrogen-bond donors (Lipinski definition) is 1. The smallest absolute Gasteiger partial charge is 0.328 e. The lowest BCUT2D eigenvalue weighted by molar-refractivity contribution is -0.130. The Labute approximate surface area is 147 Å². The van der Waals surface area contributed by atoms with Gasteiger partial charge < -0.3 is 14.4 Å². The maximum Gasteiger partial charge on any atom is 0.328 e. The van der Waals surface area contributed by atoms with Gasteiger partial charge in [-0.15, -0.1) is 0 Å². The van der Waals surface area contributed by atoms with Crippen molar-refractivity contribution in [3.63, 3.8) is 0 Å². The molecule has 1 aromatic carbocycles. The summed E-state index contributed by atoms with van der Waals surface area (Å²) in [5, 5.41) is 3.90. The van der Waals surface area contributed by atoms with Crippen LogP contribution in [0.25, 0.3) is 11.4 Å². The van der Waals surface area contributed by atoms with Crippen molar-refractivity contribution in [1.29, 1.82) is 0 Å². The number of aromatic nitrogens is 4.